The van der Waals surface area contributed by atoms with Crippen LogP contribution in [0.2, 0.25) is 0 Å². The number of esters is 1. The number of rotatable bonds is 2. The Kier molecular flexibility index (Phi) is 1.35. The zero-order valence-corrected chi connectivity index (χ0v) is 7.63. The van der Waals surface area contributed by atoms with Crippen LogP contribution in [0.25, 0.3) is 0 Å². The first-order valence-electron chi connectivity index (χ1n) is 6.63. The van der Waals surface area contributed by atoms with Crippen LogP contribution in [0.5, 0.6) is 0 Å². The summed E-state index contributed by atoms with van der Waals surface area (Å²) < 4.78 is 41.5. The minimum Gasteiger partial charge on any atom is -0.464 e. The van der Waals surface area contributed by atoms with E-state index in [9.17, 15) is 4.79 Å². The Labute approximate surface area is 84.0 Å². The van der Waals surface area contributed by atoms with E-state index in [0.29, 0.717) is 6.42 Å². The van der Waals surface area contributed by atoms with Gasteiger partial charge in [0.2, 0.25) is 0 Å². The van der Waals surface area contributed by atoms with E-state index in [0.717, 1.165) is 0 Å². The SMILES string of the molecule is [2H]C1([2H])CCCC([2H])([2H])C12OC2C(=O)OCC. The van der Waals surface area contributed by atoms with Crippen molar-refractivity contribution in [3.63, 3.8) is 0 Å². The summed E-state index contributed by atoms with van der Waals surface area (Å²) in [5.74, 6) is -0.665. The van der Waals surface area contributed by atoms with E-state index >= 15 is 0 Å². The zero-order chi connectivity index (χ0) is 12.9. The second-order valence-electron chi connectivity index (χ2n) is 3.19. The second kappa shape index (κ2) is 3.29. The first kappa shape index (κ1) is 5.35. The first-order chi connectivity index (χ1) is 7.78. The van der Waals surface area contributed by atoms with Crippen LogP contribution < -0.4 is 0 Å². The molecule has 2 fully saturated rings. The van der Waals surface area contributed by atoms with Crippen molar-refractivity contribution >= 4 is 5.97 Å². The fraction of sp³-hybridized carbons (Fsp3) is 0.900. The number of epoxide rings is 1. The molecule has 1 aliphatic carbocycles. The van der Waals surface area contributed by atoms with Crippen molar-refractivity contribution in [2.75, 3.05) is 6.61 Å². The van der Waals surface area contributed by atoms with Crippen molar-refractivity contribution in [1.29, 1.82) is 0 Å². The molecule has 1 unspecified atom stereocenters. The quantitative estimate of drug-likeness (QED) is 0.488. The van der Waals surface area contributed by atoms with Gasteiger partial charge >= 0.3 is 5.97 Å². The standard InChI is InChI=1S/C10H16O3/c1-2-12-9(11)8-10(13-8)6-4-3-5-7-10/h8H,2-7H2,1H3/i6D2,7D2. The van der Waals surface area contributed by atoms with E-state index in [1.165, 1.54) is 0 Å². The molecule has 3 heteroatoms. The zero-order valence-electron chi connectivity index (χ0n) is 11.6. The average Bonchev–Trinajstić information content (AvgIpc) is 2.92. The lowest BCUT2D eigenvalue weighted by Crippen LogP contribution is -2.25. The van der Waals surface area contributed by atoms with Gasteiger partial charge in [0, 0.05) is 5.48 Å². The summed E-state index contributed by atoms with van der Waals surface area (Å²) in [6.07, 6.45) is -3.88. The lowest BCUT2D eigenvalue weighted by Gasteiger charge is -2.17. The van der Waals surface area contributed by atoms with Gasteiger partial charge in [-0.3, -0.25) is 0 Å². The van der Waals surface area contributed by atoms with Gasteiger partial charge in [0.1, 0.15) is 5.60 Å². The highest BCUT2D eigenvalue weighted by atomic mass is 16.7. The molecule has 1 spiro atoms. The van der Waals surface area contributed by atoms with Gasteiger partial charge in [0.15, 0.2) is 6.10 Å². The molecule has 0 aromatic heterocycles. The van der Waals surface area contributed by atoms with E-state index in [1.54, 1.807) is 6.92 Å². The smallest absolute Gasteiger partial charge is 0.338 e. The Balaban J connectivity index is 2.26. The molecule has 1 heterocycles. The fourth-order valence-electron chi connectivity index (χ4n) is 1.55. The molecule has 2 rings (SSSR count). The largest absolute Gasteiger partial charge is 0.464 e. The van der Waals surface area contributed by atoms with Crippen molar-refractivity contribution < 1.29 is 19.8 Å². The minimum absolute atomic E-state index is 0.181. The molecule has 1 saturated carbocycles. The van der Waals surface area contributed by atoms with Crippen LogP contribution in [0.1, 0.15) is 44.4 Å². The van der Waals surface area contributed by atoms with E-state index < -0.39 is 30.4 Å². The summed E-state index contributed by atoms with van der Waals surface area (Å²) in [6, 6.07) is 0. The molecular weight excluding hydrogens is 168 g/mol. The molecule has 0 amide bonds. The molecule has 0 N–H and O–H groups in total. The third-order valence-corrected chi connectivity index (χ3v) is 2.25. The van der Waals surface area contributed by atoms with Crippen molar-refractivity contribution in [1.82, 2.24) is 0 Å². The molecule has 74 valence electrons. The van der Waals surface area contributed by atoms with Gasteiger partial charge in [0.05, 0.1) is 6.61 Å². The summed E-state index contributed by atoms with van der Waals surface area (Å²) in [5, 5.41) is 0. The van der Waals surface area contributed by atoms with E-state index in [2.05, 4.69) is 0 Å². The highest BCUT2D eigenvalue weighted by molar-refractivity contribution is 5.79. The second-order valence-corrected chi connectivity index (χ2v) is 3.19. The third kappa shape index (κ3) is 1.57. The van der Waals surface area contributed by atoms with Crippen LogP contribution in [0.4, 0.5) is 0 Å². The number of carbonyl (C=O) groups is 1. The molecule has 2 aliphatic rings. The van der Waals surface area contributed by atoms with Crippen LogP contribution >= 0.6 is 0 Å². The van der Waals surface area contributed by atoms with Gasteiger partial charge in [-0.1, -0.05) is 19.3 Å². The topological polar surface area (TPSA) is 38.8 Å². The maximum Gasteiger partial charge on any atom is 0.338 e. The Morgan fingerprint density at radius 3 is 2.92 bits per heavy atom. The van der Waals surface area contributed by atoms with Gasteiger partial charge in [-0.05, 0) is 19.7 Å². The first-order valence-corrected chi connectivity index (χ1v) is 4.63. The summed E-state index contributed by atoms with van der Waals surface area (Å²) >= 11 is 0. The van der Waals surface area contributed by atoms with Crippen LogP contribution in [0.15, 0.2) is 0 Å². The lowest BCUT2D eigenvalue weighted by atomic mass is 9.86. The van der Waals surface area contributed by atoms with Crippen LogP contribution in [-0.4, -0.2) is 24.3 Å². The molecular formula is C10H16O3. The Morgan fingerprint density at radius 1 is 1.62 bits per heavy atom. The van der Waals surface area contributed by atoms with E-state index in [1.807, 2.05) is 0 Å². The number of hydrogen-bond donors (Lipinski definition) is 0. The minimum atomic E-state index is -1.83. The molecule has 0 aromatic carbocycles. The van der Waals surface area contributed by atoms with Gasteiger partial charge in [-0.25, -0.2) is 4.79 Å². The normalized spacial score (nSPS) is 42.4. The predicted octanol–water partition coefficient (Wildman–Crippen LogP) is 1.65. The van der Waals surface area contributed by atoms with Gasteiger partial charge < -0.3 is 9.47 Å². The molecule has 0 radical (unpaired) electrons. The Bertz CT molecular complexity index is 326. The van der Waals surface area contributed by atoms with Crippen molar-refractivity contribution in [2.24, 2.45) is 0 Å². The third-order valence-electron chi connectivity index (χ3n) is 2.25. The summed E-state index contributed by atoms with van der Waals surface area (Å²) in [5.41, 5.74) is -1.65. The number of hydrogen-bond acceptors (Lipinski definition) is 3. The highest BCUT2D eigenvalue weighted by Crippen LogP contribution is 2.48. The fourth-order valence-corrected chi connectivity index (χ4v) is 1.55. The van der Waals surface area contributed by atoms with Gasteiger partial charge in [-0.15, -0.1) is 0 Å². The predicted molar refractivity (Wildman–Crippen MR) is 47.3 cm³/mol. The number of carbonyl (C=O) groups excluding carboxylic acids is 1. The Hall–Kier alpha value is -0.570. The molecule has 1 atom stereocenters. The van der Waals surface area contributed by atoms with Crippen molar-refractivity contribution in [3.05, 3.63) is 0 Å². The lowest BCUT2D eigenvalue weighted by molar-refractivity contribution is -0.144. The average molecular weight is 188 g/mol. The molecule has 13 heavy (non-hydrogen) atoms. The van der Waals surface area contributed by atoms with Gasteiger partial charge in [0.25, 0.3) is 0 Å². The number of ether oxygens (including phenoxy) is 2. The maximum absolute atomic E-state index is 11.6. The van der Waals surface area contributed by atoms with Crippen LogP contribution in [0, 0.1) is 0 Å². The van der Waals surface area contributed by atoms with Crippen molar-refractivity contribution in [2.45, 2.75) is 50.6 Å². The molecule has 1 aliphatic heterocycles. The summed E-state index contributed by atoms with van der Waals surface area (Å²) in [7, 11) is 0. The Morgan fingerprint density at radius 2 is 2.31 bits per heavy atom. The summed E-state index contributed by atoms with van der Waals surface area (Å²) in [6.45, 7) is 1.83. The van der Waals surface area contributed by atoms with E-state index in [-0.39, 0.29) is 19.4 Å². The molecule has 0 aromatic rings. The highest BCUT2D eigenvalue weighted by Gasteiger charge is 2.61. The van der Waals surface area contributed by atoms with Gasteiger partial charge in [-0.2, -0.15) is 0 Å². The molecule has 3 nitrogen and oxygen atoms in total. The monoisotopic (exact) mass is 188 g/mol. The maximum atomic E-state index is 11.6. The molecule has 1 saturated heterocycles. The van der Waals surface area contributed by atoms with Crippen LogP contribution in [-0.2, 0) is 14.3 Å². The summed E-state index contributed by atoms with van der Waals surface area (Å²) in [4.78, 5) is 11.6. The van der Waals surface area contributed by atoms with E-state index in [4.69, 9.17) is 15.0 Å². The van der Waals surface area contributed by atoms with Crippen LogP contribution in [0.3, 0.4) is 0 Å². The molecule has 0 bridgehead atoms. The van der Waals surface area contributed by atoms with Crippen molar-refractivity contribution in [3.8, 4) is 0 Å².